The molecule has 0 unspecified atom stereocenters. The summed E-state index contributed by atoms with van der Waals surface area (Å²) < 4.78 is 0.347. The first-order chi connectivity index (χ1) is 8.26. The van der Waals surface area contributed by atoms with E-state index in [1.807, 2.05) is 13.8 Å². The number of H-pyrrole nitrogens is 1. The highest BCUT2D eigenvalue weighted by molar-refractivity contribution is 9.10. The van der Waals surface area contributed by atoms with Crippen molar-refractivity contribution in [3.05, 3.63) is 32.7 Å². The number of rotatable bonds is 4. The maximum atomic E-state index is 12.1. The summed E-state index contributed by atoms with van der Waals surface area (Å²) in [6.07, 6.45) is 1.42. The SMILES string of the molecule is CN(CC(C)(C)CN)C(=O)c1c[nH]c(=O)c(Br)c1. The molecule has 3 N–H and O–H groups in total. The van der Waals surface area contributed by atoms with Crippen LogP contribution in [0.2, 0.25) is 0 Å². The van der Waals surface area contributed by atoms with Gasteiger partial charge in [0, 0.05) is 19.8 Å². The Morgan fingerprint density at radius 3 is 2.67 bits per heavy atom. The first kappa shape index (κ1) is 14.9. The number of pyridine rings is 1. The van der Waals surface area contributed by atoms with Crippen LogP contribution in [0.15, 0.2) is 21.5 Å². The highest BCUT2D eigenvalue weighted by Crippen LogP contribution is 2.16. The van der Waals surface area contributed by atoms with Crippen LogP contribution in [0.25, 0.3) is 0 Å². The maximum Gasteiger partial charge on any atom is 0.262 e. The van der Waals surface area contributed by atoms with Crippen LogP contribution in [-0.4, -0.2) is 35.9 Å². The fraction of sp³-hybridized carbons (Fsp3) is 0.500. The van der Waals surface area contributed by atoms with Crippen LogP contribution in [0.4, 0.5) is 0 Å². The van der Waals surface area contributed by atoms with Crippen LogP contribution >= 0.6 is 15.9 Å². The number of halogens is 1. The largest absolute Gasteiger partial charge is 0.341 e. The molecular weight excluding hydrogens is 298 g/mol. The normalized spacial score (nSPS) is 11.4. The van der Waals surface area contributed by atoms with Gasteiger partial charge in [0.05, 0.1) is 10.0 Å². The number of nitrogens with zero attached hydrogens (tertiary/aromatic N) is 1. The first-order valence-electron chi connectivity index (χ1n) is 5.60. The van der Waals surface area contributed by atoms with Gasteiger partial charge in [-0.15, -0.1) is 0 Å². The molecule has 0 atom stereocenters. The number of hydrogen-bond acceptors (Lipinski definition) is 3. The number of carbonyl (C=O) groups excluding carboxylic acids is 1. The third-order valence-corrected chi connectivity index (χ3v) is 3.26. The van der Waals surface area contributed by atoms with Crippen molar-refractivity contribution in [1.82, 2.24) is 9.88 Å². The fourth-order valence-corrected chi connectivity index (χ4v) is 1.94. The Morgan fingerprint density at radius 2 is 2.17 bits per heavy atom. The van der Waals surface area contributed by atoms with Gasteiger partial charge in [-0.3, -0.25) is 9.59 Å². The monoisotopic (exact) mass is 315 g/mol. The minimum Gasteiger partial charge on any atom is -0.341 e. The van der Waals surface area contributed by atoms with Crippen molar-refractivity contribution in [2.24, 2.45) is 11.1 Å². The molecule has 0 saturated heterocycles. The molecule has 0 aliphatic carbocycles. The zero-order valence-corrected chi connectivity index (χ0v) is 12.4. The van der Waals surface area contributed by atoms with E-state index in [2.05, 4.69) is 20.9 Å². The summed E-state index contributed by atoms with van der Waals surface area (Å²) >= 11 is 3.10. The van der Waals surface area contributed by atoms with E-state index in [0.29, 0.717) is 23.1 Å². The Labute approximate surface area is 114 Å². The second-order valence-corrected chi connectivity index (χ2v) is 5.95. The van der Waals surface area contributed by atoms with Crippen LogP contribution < -0.4 is 11.3 Å². The zero-order valence-electron chi connectivity index (χ0n) is 10.8. The molecule has 0 aliphatic heterocycles. The predicted octanol–water partition coefficient (Wildman–Crippen LogP) is 1.19. The number of aromatic nitrogens is 1. The predicted molar refractivity (Wildman–Crippen MR) is 74.6 cm³/mol. The van der Waals surface area contributed by atoms with Gasteiger partial charge in [-0.05, 0) is 34.0 Å². The Bertz CT molecular complexity index is 496. The molecule has 0 aliphatic rings. The number of nitrogens with two attached hydrogens (primary N) is 1. The Kier molecular flexibility index (Phi) is 4.70. The Balaban J connectivity index is 2.87. The summed E-state index contributed by atoms with van der Waals surface area (Å²) in [7, 11) is 1.72. The summed E-state index contributed by atoms with van der Waals surface area (Å²) in [6, 6.07) is 1.52. The average Bonchev–Trinajstić information content (AvgIpc) is 2.31. The van der Waals surface area contributed by atoms with E-state index in [9.17, 15) is 9.59 Å². The number of nitrogens with one attached hydrogen (secondary N) is 1. The van der Waals surface area contributed by atoms with Crippen LogP contribution in [0.3, 0.4) is 0 Å². The maximum absolute atomic E-state index is 12.1. The van der Waals surface area contributed by atoms with Crippen molar-refractivity contribution >= 4 is 21.8 Å². The molecule has 6 heteroatoms. The van der Waals surface area contributed by atoms with Crippen molar-refractivity contribution < 1.29 is 4.79 Å². The standard InChI is InChI=1S/C12H18BrN3O2/c1-12(2,6-14)7-16(3)11(18)8-4-9(13)10(17)15-5-8/h4-5H,6-7,14H2,1-3H3,(H,15,17). The lowest BCUT2D eigenvalue weighted by atomic mass is 9.93. The average molecular weight is 316 g/mol. The Morgan fingerprint density at radius 1 is 1.56 bits per heavy atom. The van der Waals surface area contributed by atoms with E-state index in [-0.39, 0.29) is 16.9 Å². The molecule has 0 fully saturated rings. The summed E-state index contributed by atoms with van der Waals surface area (Å²) in [5, 5.41) is 0. The first-order valence-corrected chi connectivity index (χ1v) is 6.40. The van der Waals surface area contributed by atoms with Gasteiger partial charge in [0.25, 0.3) is 11.5 Å². The van der Waals surface area contributed by atoms with E-state index in [0.717, 1.165) is 0 Å². The zero-order chi connectivity index (χ0) is 13.9. The molecule has 0 spiro atoms. The van der Waals surface area contributed by atoms with Gasteiger partial charge >= 0.3 is 0 Å². The van der Waals surface area contributed by atoms with Gasteiger partial charge < -0.3 is 15.6 Å². The molecule has 1 aromatic heterocycles. The molecule has 0 radical (unpaired) electrons. The lowest BCUT2D eigenvalue weighted by Crippen LogP contribution is -2.39. The quantitative estimate of drug-likeness (QED) is 0.876. The van der Waals surface area contributed by atoms with Crippen LogP contribution in [-0.2, 0) is 0 Å². The van der Waals surface area contributed by atoms with Gasteiger partial charge in [0.15, 0.2) is 0 Å². The van der Waals surface area contributed by atoms with Gasteiger partial charge in [-0.2, -0.15) is 0 Å². The third-order valence-electron chi connectivity index (χ3n) is 2.67. The smallest absolute Gasteiger partial charge is 0.262 e. The Hall–Kier alpha value is -1.14. The minimum atomic E-state index is -0.253. The summed E-state index contributed by atoms with van der Waals surface area (Å²) in [5.41, 5.74) is 5.70. The third kappa shape index (κ3) is 3.68. The highest BCUT2D eigenvalue weighted by atomic mass is 79.9. The van der Waals surface area contributed by atoms with E-state index in [1.54, 1.807) is 11.9 Å². The second-order valence-electron chi connectivity index (χ2n) is 5.09. The summed E-state index contributed by atoms with van der Waals surface area (Å²) in [4.78, 5) is 27.4. The number of amides is 1. The summed E-state index contributed by atoms with van der Waals surface area (Å²) in [5.74, 6) is -0.145. The van der Waals surface area contributed by atoms with E-state index < -0.39 is 0 Å². The number of hydrogen-bond donors (Lipinski definition) is 2. The molecule has 100 valence electrons. The van der Waals surface area contributed by atoms with Gasteiger partial charge in [-0.25, -0.2) is 0 Å². The highest BCUT2D eigenvalue weighted by Gasteiger charge is 2.22. The lowest BCUT2D eigenvalue weighted by molar-refractivity contribution is 0.0740. The van der Waals surface area contributed by atoms with Crippen molar-refractivity contribution in [2.45, 2.75) is 13.8 Å². The number of aromatic amines is 1. The minimum absolute atomic E-state index is 0.135. The van der Waals surface area contributed by atoms with Gasteiger partial charge in [-0.1, -0.05) is 13.8 Å². The van der Waals surface area contributed by atoms with Gasteiger partial charge in [0.1, 0.15) is 0 Å². The van der Waals surface area contributed by atoms with E-state index in [1.165, 1.54) is 12.3 Å². The number of carbonyl (C=O) groups is 1. The molecule has 1 amide bonds. The molecule has 1 heterocycles. The molecular formula is C12H18BrN3O2. The molecule has 5 nitrogen and oxygen atoms in total. The molecule has 0 bridgehead atoms. The van der Waals surface area contributed by atoms with Crippen molar-refractivity contribution in [2.75, 3.05) is 20.1 Å². The molecule has 1 rings (SSSR count). The topological polar surface area (TPSA) is 79.2 Å². The molecule has 1 aromatic rings. The lowest BCUT2D eigenvalue weighted by Gasteiger charge is -2.29. The van der Waals surface area contributed by atoms with Crippen molar-refractivity contribution in [1.29, 1.82) is 0 Å². The van der Waals surface area contributed by atoms with Gasteiger partial charge in [0.2, 0.25) is 0 Å². The van der Waals surface area contributed by atoms with E-state index >= 15 is 0 Å². The van der Waals surface area contributed by atoms with E-state index in [4.69, 9.17) is 5.73 Å². The second kappa shape index (κ2) is 5.67. The summed E-state index contributed by atoms with van der Waals surface area (Å²) in [6.45, 7) is 5.05. The van der Waals surface area contributed by atoms with Crippen molar-refractivity contribution in [3.8, 4) is 0 Å². The van der Waals surface area contributed by atoms with Crippen LogP contribution in [0.1, 0.15) is 24.2 Å². The van der Waals surface area contributed by atoms with Crippen LogP contribution in [0, 0.1) is 5.41 Å². The molecule has 0 saturated carbocycles. The van der Waals surface area contributed by atoms with Crippen LogP contribution in [0.5, 0.6) is 0 Å². The molecule has 0 aromatic carbocycles. The van der Waals surface area contributed by atoms with Crippen molar-refractivity contribution in [3.63, 3.8) is 0 Å². The fourth-order valence-electron chi connectivity index (χ4n) is 1.58. The molecule has 18 heavy (non-hydrogen) atoms.